The minimum atomic E-state index is -4.06. The summed E-state index contributed by atoms with van der Waals surface area (Å²) < 4.78 is 33.2. The fourth-order valence-electron chi connectivity index (χ4n) is 3.64. The number of nitrogens with one attached hydrogen (secondary N) is 2. The Bertz CT molecular complexity index is 1630. The molecule has 4 aromatic carbocycles. The zero-order valence-electron chi connectivity index (χ0n) is 22.0. The highest BCUT2D eigenvalue weighted by Gasteiger charge is 2.27. The number of halogens is 1. The van der Waals surface area contributed by atoms with Crippen molar-refractivity contribution in [3.63, 3.8) is 0 Å². The fraction of sp³-hybridized carbons (Fsp3) is 0.100. The number of amides is 2. The minimum Gasteiger partial charge on any atom is -0.484 e. The Morgan fingerprint density at radius 2 is 1.61 bits per heavy atom. The number of rotatable bonds is 11. The number of benzene rings is 4. The molecule has 0 aliphatic carbocycles. The Balaban J connectivity index is 1.33. The summed E-state index contributed by atoms with van der Waals surface area (Å²) in [5.74, 6) is -0.461. The molecule has 0 atom stereocenters. The Morgan fingerprint density at radius 3 is 2.29 bits per heavy atom. The smallest absolute Gasteiger partial charge is 0.264 e. The summed E-state index contributed by atoms with van der Waals surface area (Å²) >= 11 is 6.08. The number of aryl methyl sites for hydroxylation is 1. The van der Waals surface area contributed by atoms with Crippen LogP contribution >= 0.6 is 11.6 Å². The molecule has 0 unspecified atom stereocenters. The summed E-state index contributed by atoms with van der Waals surface area (Å²) in [5, 5.41) is 7.03. The molecule has 2 amide bonds. The average Bonchev–Trinajstić information content (AvgIpc) is 2.97. The van der Waals surface area contributed by atoms with Gasteiger partial charge >= 0.3 is 0 Å². The van der Waals surface area contributed by atoms with E-state index in [4.69, 9.17) is 16.3 Å². The van der Waals surface area contributed by atoms with Gasteiger partial charge < -0.3 is 10.1 Å². The maximum Gasteiger partial charge on any atom is 0.264 e. The molecule has 2 N–H and O–H groups in total. The molecule has 9 nitrogen and oxygen atoms in total. The molecule has 0 radical (unpaired) electrons. The van der Waals surface area contributed by atoms with Crippen molar-refractivity contribution >= 4 is 51.0 Å². The van der Waals surface area contributed by atoms with Gasteiger partial charge in [-0.25, -0.2) is 13.8 Å². The van der Waals surface area contributed by atoms with Gasteiger partial charge in [-0.2, -0.15) is 5.10 Å². The van der Waals surface area contributed by atoms with Crippen LogP contribution in [0.5, 0.6) is 5.75 Å². The van der Waals surface area contributed by atoms with Gasteiger partial charge in [-0.05, 0) is 79.2 Å². The Labute approximate surface area is 243 Å². The first-order valence-electron chi connectivity index (χ1n) is 12.5. The first-order chi connectivity index (χ1) is 19.7. The summed E-state index contributed by atoms with van der Waals surface area (Å²) in [6.45, 7) is 1.28. The lowest BCUT2D eigenvalue weighted by atomic mass is 10.2. The molecule has 0 bridgehead atoms. The second-order valence-corrected chi connectivity index (χ2v) is 11.2. The van der Waals surface area contributed by atoms with Crippen LogP contribution in [0.15, 0.2) is 113 Å². The van der Waals surface area contributed by atoms with Gasteiger partial charge in [0.1, 0.15) is 12.3 Å². The van der Waals surface area contributed by atoms with Gasteiger partial charge in [0.15, 0.2) is 6.61 Å². The topological polar surface area (TPSA) is 117 Å². The van der Waals surface area contributed by atoms with Gasteiger partial charge in [-0.15, -0.1) is 0 Å². The van der Waals surface area contributed by atoms with Gasteiger partial charge in [0, 0.05) is 10.7 Å². The first-order valence-corrected chi connectivity index (χ1v) is 14.3. The molecule has 0 spiro atoms. The van der Waals surface area contributed by atoms with Crippen LogP contribution in [0, 0.1) is 6.92 Å². The molecular formula is C30H27ClN4O5S. The number of sulfonamides is 1. The van der Waals surface area contributed by atoms with Crippen molar-refractivity contribution < 1.29 is 22.7 Å². The first kappa shape index (κ1) is 29.3. The molecule has 4 aromatic rings. The van der Waals surface area contributed by atoms with Gasteiger partial charge in [0.2, 0.25) is 0 Å². The standard InChI is InChI=1S/C30H27ClN4O5S/c1-22-10-14-25(15-11-22)33-30(37)21-40-27-16-12-23(13-17-27)19-32-34-29(36)20-35(26-7-5-6-24(31)18-26)41(38,39)28-8-3-2-4-9-28/h2-19H,20-21H2,1H3,(H,33,37)(H,34,36)/b32-19-. The summed E-state index contributed by atoms with van der Waals surface area (Å²) in [4.78, 5) is 24.9. The van der Waals surface area contributed by atoms with Gasteiger partial charge in [0.05, 0.1) is 16.8 Å². The molecular weight excluding hydrogens is 564 g/mol. The van der Waals surface area contributed by atoms with Gasteiger partial charge in [-0.3, -0.25) is 13.9 Å². The third-order valence-electron chi connectivity index (χ3n) is 5.70. The number of carbonyl (C=O) groups is 2. The van der Waals surface area contributed by atoms with Crippen molar-refractivity contribution in [3.05, 3.63) is 119 Å². The zero-order valence-corrected chi connectivity index (χ0v) is 23.6. The summed E-state index contributed by atoms with van der Waals surface area (Å²) in [7, 11) is -4.06. The maximum absolute atomic E-state index is 13.3. The van der Waals surface area contributed by atoms with E-state index in [1.54, 1.807) is 60.7 Å². The van der Waals surface area contributed by atoms with Gasteiger partial charge in [-0.1, -0.05) is 53.6 Å². The monoisotopic (exact) mass is 590 g/mol. The van der Waals surface area contributed by atoms with Crippen LogP contribution in [-0.2, 0) is 19.6 Å². The number of hydrogen-bond acceptors (Lipinski definition) is 6. The number of ether oxygens (including phenoxy) is 1. The number of hydrazone groups is 1. The predicted octanol–water partition coefficient (Wildman–Crippen LogP) is 5.01. The molecule has 0 saturated heterocycles. The van der Waals surface area contributed by atoms with E-state index >= 15 is 0 Å². The maximum atomic E-state index is 13.3. The second-order valence-electron chi connectivity index (χ2n) is 8.87. The van der Waals surface area contributed by atoms with Crippen molar-refractivity contribution in [3.8, 4) is 5.75 Å². The van der Waals surface area contributed by atoms with E-state index in [9.17, 15) is 18.0 Å². The minimum absolute atomic E-state index is 0.0335. The van der Waals surface area contributed by atoms with Crippen LogP contribution in [0.3, 0.4) is 0 Å². The fourth-order valence-corrected chi connectivity index (χ4v) is 5.26. The van der Waals surface area contributed by atoms with Crippen molar-refractivity contribution in [1.82, 2.24) is 5.43 Å². The lowest BCUT2D eigenvalue weighted by molar-refractivity contribution is -0.119. The van der Waals surface area contributed by atoms with Crippen LogP contribution in [0.1, 0.15) is 11.1 Å². The van der Waals surface area contributed by atoms with Crippen molar-refractivity contribution in [2.45, 2.75) is 11.8 Å². The largest absolute Gasteiger partial charge is 0.484 e. The lowest BCUT2D eigenvalue weighted by Crippen LogP contribution is -2.39. The van der Waals surface area contributed by atoms with E-state index in [1.807, 2.05) is 31.2 Å². The molecule has 0 fully saturated rings. The van der Waals surface area contributed by atoms with E-state index in [0.717, 1.165) is 9.87 Å². The molecule has 4 rings (SSSR count). The molecule has 210 valence electrons. The number of anilines is 2. The van der Waals surface area contributed by atoms with Crippen LogP contribution in [0.25, 0.3) is 0 Å². The predicted molar refractivity (Wildman–Crippen MR) is 160 cm³/mol. The summed E-state index contributed by atoms with van der Waals surface area (Å²) in [6.07, 6.45) is 1.40. The van der Waals surface area contributed by atoms with E-state index in [2.05, 4.69) is 15.8 Å². The third-order valence-corrected chi connectivity index (χ3v) is 7.73. The molecule has 0 saturated carbocycles. The second kappa shape index (κ2) is 13.6. The van der Waals surface area contributed by atoms with Crippen LogP contribution in [0.2, 0.25) is 5.02 Å². The Morgan fingerprint density at radius 1 is 0.902 bits per heavy atom. The normalized spacial score (nSPS) is 11.2. The van der Waals surface area contributed by atoms with Gasteiger partial charge in [0.25, 0.3) is 21.8 Å². The summed E-state index contributed by atoms with van der Waals surface area (Å²) in [6, 6.07) is 28.2. The number of hydrogen-bond donors (Lipinski definition) is 2. The van der Waals surface area contributed by atoms with Crippen molar-refractivity contribution in [1.29, 1.82) is 0 Å². The highest BCUT2D eigenvalue weighted by atomic mass is 35.5. The SMILES string of the molecule is Cc1ccc(NC(=O)COc2ccc(/C=N\NC(=O)CN(c3cccc(Cl)c3)S(=O)(=O)c3ccccc3)cc2)cc1. The van der Waals surface area contributed by atoms with Crippen molar-refractivity contribution in [2.24, 2.45) is 5.10 Å². The number of nitrogens with zero attached hydrogens (tertiary/aromatic N) is 2. The van der Waals surface area contributed by atoms with Crippen LogP contribution in [-0.4, -0.2) is 39.6 Å². The molecule has 0 heterocycles. The van der Waals surface area contributed by atoms with E-state index in [0.29, 0.717) is 22.0 Å². The van der Waals surface area contributed by atoms with Crippen LogP contribution in [0.4, 0.5) is 11.4 Å². The third kappa shape index (κ3) is 8.41. The zero-order chi connectivity index (χ0) is 29.2. The average molecular weight is 591 g/mol. The Hall–Kier alpha value is -4.67. The summed E-state index contributed by atoms with van der Waals surface area (Å²) in [5.41, 5.74) is 5.02. The molecule has 11 heteroatoms. The highest BCUT2D eigenvalue weighted by molar-refractivity contribution is 7.92. The van der Waals surface area contributed by atoms with Crippen molar-refractivity contribution in [2.75, 3.05) is 22.8 Å². The molecule has 0 aliphatic heterocycles. The molecule has 0 aliphatic rings. The van der Waals surface area contributed by atoms with Crippen LogP contribution < -0.4 is 19.8 Å². The van der Waals surface area contributed by atoms with E-state index < -0.39 is 22.5 Å². The van der Waals surface area contributed by atoms with E-state index in [1.165, 1.54) is 24.4 Å². The van der Waals surface area contributed by atoms with E-state index in [-0.39, 0.29) is 23.1 Å². The molecule has 0 aromatic heterocycles. The number of carbonyl (C=O) groups excluding carboxylic acids is 2. The lowest BCUT2D eigenvalue weighted by Gasteiger charge is -2.23. The highest BCUT2D eigenvalue weighted by Crippen LogP contribution is 2.26. The molecule has 41 heavy (non-hydrogen) atoms. The quantitative estimate of drug-likeness (QED) is 0.188. The Kier molecular flexibility index (Phi) is 9.73.